The van der Waals surface area contributed by atoms with Gasteiger partial charge in [-0.3, -0.25) is 4.98 Å². The van der Waals surface area contributed by atoms with Crippen LogP contribution in [0, 0.1) is 19.1 Å². The molecule has 4 heterocycles. The first-order valence-corrected chi connectivity index (χ1v) is 18.5. The van der Waals surface area contributed by atoms with Crippen LogP contribution in [-0.2, 0) is 20.1 Å². The van der Waals surface area contributed by atoms with Gasteiger partial charge in [0.25, 0.3) is 0 Å². The molecule has 8 aromatic rings. The molecule has 0 atom stereocenters. The summed E-state index contributed by atoms with van der Waals surface area (Å²) in [4.78, 5) is 13.9. The normalized spacial score (nSPS) is 11.3. The van der Waals surface area contributed by atoms with Crippen LogP contribution >= 0.6 is 0 Å². The summed E-state index contributed by atoms with van der Waals surface area (Å²) in [6, 6.07) is 45.3. The molecule has 0 fully saturated rings. The smallest absolute Gasteiger partial charge is 0.168 e. The van der Waals surface area contributed by atoms with Crippen molar-refractivity contribution >= 4 is 46.4 Å². The van der Waals surface area contributed by atoms with Crippen molar-refractivity contribution in [1.29, 1.82) is 0 Å². The van der Waals surface area contributed by atoms with Gasteiger partial charge in [-0.05, 0) is 49.0 Å². The van der Waals surface area contributed by atoms with Gasteiger partial charge in [-0.2, -0.15) is 0 Å². The minimum atomic E-state index is -1.45. The second kappa shape index (κ2) is 13.0. The summed E-state index contributed by atoms with van der Waals surface area (Å²) in [7, 11) is -1.45. The summed E-state index contributed by atoms with van der Waals surface area (Å²) < 4.78 is 8.65. The van der Waals surface area contributed by atoms with Gasteiger partial charge in [-0.15, -0.1) is 54.1 Å². The van der Waals surface area contributed by atoms with Gasteiger partial charge in [-0.25, -0.2) is 4.98 Å². The fourth-order valence-corrected chi connectivity index (χ4v) is 6.66. The van der Waals surface area contributed by atoms with E-state index in [2.05, 4.69) is 83.8 Å². The fraction of sp³-hybridized carbons (Fsp3) is 0.103. The number of imidazole rings is 1. The van der Waals surface area contributed by atoms with E-state index in [-0.39, 0.29) is 20.1 Å². The number of nitrogens with zero attached hydrogens (tertiary/aromatic N) is 4. The molecule has 0 saturated heterocycles. The third-order valence-electron chi connectivity index (χ3n) is 7.85. The van der Waals surface area contributed by atoms with Crippen LogP contribution in [0.5, 0.6) is 0 Å². The molecule has 229 valence electrons. The second-order valence-electron chi connectivity index (χ2n) is 12.1. The predicted octanol–water partition coefficient (Wildman–Crippen LogP) is 9.19. The van der Waals surface area contributed by atoms with Crippen LogP contribution < -0.4 is 5.19 Å². The quantitative estimate of drug-likeness (QED) is 0.132. The molecule has 0 spiro atoms. The van der Waals surface area contributed by atoms with Crippen LogP contribution in [0.3, 0.4) is 0 Å². The van der Waals surface area contributed by atoms with Crippen LogP contribution in [0.15, 0.2) is 126 Å². The van der Waals surface area contributed by atoms with Gasteiger partial charge in [-0.1, -0.05) is 78.2 Å². The number of aryl methyl sites for hydroxylation is 1. The number of hydrogen-bond acceptors (Lipinski definition) is 4. The van der Waals surface area contributed by atoms with E-state index in [4.69, 9.17) is 14.4 Å². The zero-order chi connectivity index (χ0) is 31.0. The van der Waals surface area contributed by atoms with Crippen molar-refractivity contribution < 1.29 is 24.5 Å². The molecule has 8 rings (SSSR count). The standard InChI is InChI=1S/C28H24N3OSi.C11H8N.Ir/c1-18-13-16-24-27(29-18)30-28(31(24)19-9-6-5-7-10-19)23-12-8-11-22-21-15-14-20(33(2,3)4)17-25(21)32-26(22)23;1-2-6-10(7-3-1)11-8-4-5-9-12-11;/h5-11,13-17H,1-4H3;1-6,8-9H;/q2*-1;. The molecule has 4 aromatic heterocycles. The topological polar surface area (TPSA) is 56.7 Å². The van der Waals surface area contributed by atoms with Crippen LogP contribution in [0.1, 0.15) is 5.69 Å². The number of aromatic nitrogens is 4. The maximum absolute atomic E-state index is 6.50. The molecule has 0 amide bonds. The van der Waals surface area contributed by atoms with E-state index in [9.17, 15) is 0 Å². The second-order valence-corrected chi connectivity index (χ2v) is 17.1. The Morgan fingerprint density at radius 1 is 0.739 bits per heavy atom. The summed E-state index contributed by atoms with van der Waals surface area (Å²) in [5, 5.41) is 3.59. The number of para-hydroxylation sites is 1. The van der Waals surface area contributed by atoms with Crippen LogP contribution in [0.25, 0.3) is 61.4 Å². The Hall–Kier alpha value is -4.68. The van der Waals surface area contributed by atoms with E-state index in [1.807, 2.05) is 79.7 Å². The van der Waals surface area contributed by atoms with Crippen molar-refractivity contribution in [3.63, 3.8) is 0 Å². The minimum Gasteiger partial charge on any atom is -0.501 e. The van der Waals surface area contributed by atoms with Crippen LogP contribution in [0.2, 0.25) is 19.6 Å². The summed E-state index contributed by atoms with van der Waals surface area (Å²) in [6.45, 7) is 9.05. The Kier molecular flexibility index (Phi) is 8.83. The van der Waals surface area contributed by atoms with Gasteiger partial charge in [0.05, 0.1) is 25.0 Å². The molecule has 46 heavy (non-hydrogen) atoms. The molecule has 5 nitrogen and oxygen atoms in total. The van der Waals surface area contributed by atoms with Crippen LogP contribution in [0.4, 0.5) is 0 Å². The molecule has 1 radical (unpaired) electrons. The van der Waals surface area contributed by atoms with E-state index >= 15 is 0 Å². The molecular formula is C39H32IrN4OSi-2. The number of rotatable bonds is 4. The number of benzene rings is 4. The predicted molar refractivity (Wildman–Crippen MR) is 187 cm³/mol. The van der Waals surface area contributed by atoms with Crippen molar-refractivity contribution in [3.8, 4) is 28.3 Å². The van der Waals surface area contributed by atoms with Crippen molar-refractivity contribution in [2.45, 2.75) is 26.6 Å². The number of fused-ring (bicyclic) bond motifs is 4. The largest absolute Gasteiger partial charge is 0.501 e. The molecule has 4 aromatic carbocycles. The zero-order valence-corrected chi connectivity index (χ0v) is 29.5. The molecule has 0 bridgehead atoms. The molecule has 0 N–H and O–H groups in total. The fourth-order valence-electron chi connectivity index (χ4n) is 5.51. The van der Waals surface area contributed by atoms with Crippen molar-refractivity contribution in [2.75, 3.05) is 0 Å². The Bertz CT molecular complexity index is 2220. The third kappa shape index (κ3) is 6.09. The molecule has 0 saturated carbocycles. The Morgan fingerprint density at radius 2 is 1.54 bits per heavy atom. The molecule has 0 aliphatic rings. The van der Waals surface area contributed by atoms with E-state index in [1.165, 1.54) is 5.19 Å². The third-order valence-corrected chi connectivity index (χ3v) is 9.89. The average molecular weight is 793 g/mol. The van der Waals surface area contributed by atoms with E-state index < -0.39 is 8.07 Å². The summed E-state index contributed by atoms with van der Waals surface area (Å²) in [5.41, 5.74) is 8.24. The van der Waals surface area contributed by atoms with Crippen molar-refractivity contribution in [1.82, 2.24) is 19.5 Å². The number of furan rings is 1. The summed E-state index contributed by atoms with van der Waals surface area (Å²) in [5.74, 6) is 0.782. The van der Waals surface area contributed by atoms with E-state index in [0.717, 1.165) is 67.1 Å². The monoisotopic (exact) mass is 793 g/mol. The molecule has 0 unspecified atom stereocenters. The van der Waals surface area contributed by atoms with Gasteiger partial charge < -0.3 is 14.0 Å². The van der Waals surface area contributed by atoms with Crippen molar-refractivity contribution in [3.05, 3.63) is 139 Å². The van der Waals surface area contributed by atoms with Gasteiger partial charge in [0.15, 0.2) is 5.65 Å². The number of hydrogen-bond donors (Lipinski definition) is 0. The number of pyridine rings is 2. The minimum absolute atomic E-state index is 0. The first-order chi connectivity index (χ1) is 21.9. The van der Waals surface area contributed by atoms with E-state index in [0.29, 0.717) is 0 Å². The van der Waals surface area contributed by atoms with Gasteiger partial charge in [0.1, 0.15) is 5.58 Å². The SMILES string of the molecule is Cc1ccc2c(n1)nc(-c1[c-]ccc3c1oc1cc([Si](C)(C)C)ccc13)n2-c1ccccc1.[Ir].[c-]1ccccc1-c1ccccn1. The first kappa shape index (κ1) is 31.3. The van der Waals surface area contributed by atoms with Gasteiger partial charge >= 0.3 is 0 Å². The Balaban J connectivity index is 0.000000241. The maximum Gasteiger partial charge on any atom is 0.168 e. The molecular weight excluding hydrogens is 761 g/mol. The first-order valence-electron chi connectivity index (χ1n) is 15.0. The Morgan fingerprint density at radius 3 is 2.28 bits per heavy atom. The molecule has 7 heteroatoms. The van der Waals surface area contributed by atoms with Gasteiger partial charge in [0.2, 0.25) is 0 Å². The molecule has 0 aliphatic carbocycles. The van der Waals surface area contributed by atoms with Gasteiger partial charge in [0, 0.05) is 43.1 Å². The maximum atomic E-state index is 6.50. The van der Waals surface area contributed by atoms with Crippen molar-refractivity contribution in [2.24, 2.45) is 0 Å². The average Bonchev–Trinajstić information content (AvgIpc) is 3.64. The summed E-state index contributed by atoms with van der Waals surface area (Å²) in [6.07, 6.45) is 1.79. The van der Waals surface area contributed by atoms with Crippen LogP contribution in [-0.4, -0.2) is 27.6 Å². The van der Waals surface area contributed by atoms with E-state index in [1.54, 1.807) is 6.20 Å². The Labute approximate surface area is 283 Å². The molecule has 0 aliphatic heterocycles. The zero-order valence-electron chi connectivity index (χ0n) is 26.1. The summed E-state index contributed by atoms with van der Waals surface area (Å²) >= 11 is 0.